The fraction of sp³-hybridized carbons (Fsp3) is 0.714. The molecule has 26 heavy (non-hydrogen) atoms. The average molecular weight is 392 g/mol. The molecule has 2 unspecified atom stereocenters. The van der Waals surface area contributed by atoms with Gasteiger partial charge in [0.15, 0.2) is 0 Å². The summed E-state index contributed by atoms with van der Waals surface area (Å²) in [6.45, 7) is 10.5. The second-order valence-corrected chi connectivity index (χ2v) is 10.5. The number of aromatic nitrogens is 2. The van der Waals surface area contributed by atoms with Gasteiger partial charge in [-0.15, -0.1) is 11.3 Å². The molecule has 0 spiro atoms. The number of hydrogen-bond acceptors (Lipinski definition) is 4. The van der Waals surface area contributed by atoms with Crippen molar-refractivity contribution in [3.05, 3.63) is 15.7 Å². The first-order valence-electron chi connectivity index (χ1n) is 10.1. The van der Waals surface area contributed by atoms with Crippen LogP contribution in [0.15, 0.2) is 0 Å². The molecule has 5 heteroatoms. The minimum absolute atomic E-state index is 0.361. The van der Waals surface area contributed by atoms with Crippen molar-refractivity contribution in [2.75, 3.05) is 11.4 Å². The monoisotopic (exact) mass is 391 g/mol. The molecule has 2 aromatic heterocycles. The molecule has 1 saturated heterocycles. The minimum atomic E-state index is 0.361. The van der Waals surface area contributed by atoms with Crippen molar-refractivity contribution in [2.24, 2.45) is 11.3 Å². The van der Waals surface area contributed by atoms with E-state index in [0.717, 1.165) is 29.5 Å². The van der Waals surface area contributed by atoms with Crippen LogP contribution in [0.25, 0.3) is 10.2 Å². The van der Waals surface area contributed by atoms with Crippen LogP contribution in [-0.2, 0) is 12.8 Å². The highest BCUT2D eigenvalue weighted by Gasteiger charge is 2.33. The lowest BCUT2D eigenvalue weighted by Crippen LogP contribution is -2.40. The number of nitrogens with zero attached hydrogens (tertiary/aromatic N) is 3. The summed E-state index contributed by atoms with van der Waals surface area (Å²) in [6.07, 6.45) is 8.60. The number of piperidine rings is 1. The van der Waals surface area contributed by atoms with Gasteiger partial charge in [0.05, 0.1) is 5.39 Å². The van der Waals surface area contributed by atoms with Crippen LogP contribution in [0.2, 0.25) is 5.28 Å². The third kappa shape index (κ3) is 3.24. The second-order valence-electron chi connectivity index (χ2n) is 9.06. The molecule has 3 heterocycles. The van der Waals surface area contributed by atoms with E-state index in [1.807, 2.05) is 11.3 Å². The van der Waals surface area contributed by atoms with E-state index in [0.29, 0.717) is 16.7 Å². The Bertz CT molecular complexity index is 808. The fourth-order valence-electron chi connectivity index (χ4n) is 4.78. The number of rotatable bonds is 2. The van der Waals surface area contributed by atoms with Crippen molar-refractivity contribution in [2.45, 2.75) is 78.7 Å². The fourth-order valence-corrected chi connectivity index (χ4v) is 6.29. The molecule has 0 bridgehead atoms. The molecule has 0 aromatic carbocycles. The molecule has 2 atom stereocenters. The van der Waals surface area contributed by atoms with Crippen molar-refractivity contribution in [3.8, 4) is 0 Å². The maximum absolute atomic E-state index is 6.36. The summed E-state index contributed by atoms with van der Waals surface area (Å²) < 4.78 is 0. The van der Waals surface area contributed by atoms with E-state index in [4.69, 9.17) is 16.6 Å². The molecule has 0 saturated carbocycles. The molecule has 1 aliphatic heterocycles. The van der Waals surface area contributed by atoms with Gasteiger partial charge in [0.2, 0.25) is 5.28 Å². The summed E-state index contributed by atoms with van der Waals surface area (Å²) in [4.78, 5) is 14.5. The number of aryl methyl sites for hydroxylation is 1. The van der Waals surface area contributed by atoms with Gasteiger partial charge in [-0.3, -0.25) is 0 Å². The second kappa shape index (κ2) is 6.94. The molecule has 0 radical (unpaired) electrons. The third-order valence-corrected chi connectivity index (χ3v) is 7.77. The van der Waals surface area contributed by atoms with Crippen LogP contribution in [-0.4, -0.2) is 22.6 Å². The zero-order valence-electron chi connectivity index (χ0n) is 16.4. The first-order chi connectivity index (χ1) is 12.4. The average Bonchev–Trinajstić information content (AvgIpc) is 2.97. The highest BCUT2D eigenvalue weighted by Crippen LogP contribution is 2.46. The van der Waals surface area contributed by atoms with Gasteiger partial charge in [-0.2, -0.15) is 4.98 Å². The normalized spacial score (nSPS) is 24.1. The maximum Gasteiger partial charge on any atom is 0.225 e. The SMILES string of the molecule is CCC1CCCCN1c1nc(Cl)nc2sc3c(c12)CCC(C(C)(C)C)C3. The number of hydrogen-bond donors (Lipinski definition) is 0. The molecule has 0 N–H and O–H groups in total. The summed E-state index contributed by atoms with van der Waals surface area (Å²) in [5.41, 5.74) is 1.87. The highest BCUT2D eigenvalue weighted by atomic mass is 35.5. The Labute approximate surface area is 166 Å². The largest absolute Gasteiger partial charge is 0.353 e. The van der Waals surface area contributed by atoms with Crippen molar-refractivity contribution < 1.29 is 0 Å². The molecule has 3 nitrogen and oxygen atoms in total. The molecular formula is C21H30ClN3S. The Kier molecular flexibility index (Phi) is 4.94. The van der Waals surface area contributed by atoms with E-state index < -0.39 is 0 Å². The molecule has 1 fully saturated rings. The zero-order chi connectivity index (χ0) is 18.5. The number of halogens is 1. The zero-order valence-corrected chi connectivity index (χ0v) is 18.0. The van der Waals surface area contributed by atoms with Crippen LogP contribution >= 0.6 is 22.9 Å². The van der Waals surface area contributed by atoms with Gasteiger partial charge < -0.3 is 4.90 Å². The minimum Gasteiger partial charge on any atom is -0.353 e. The number of anilines is 1. The summed E-state index contributed by atoms with van der Waals surface area (Å²) in [5.74, 6) is 1.85. The first-order valence-corrected chi connectivity index (χ1v) is 11.3. The molecule has 142 valence electrons. The Morgan fingerprint density at radius 2 is 2.00 bits per heavy atom. The van der Waals surface area contributed by atoms with E-state index in [-0.39, 0.29) is 0 Å². The third-order valence-electron chi connectivity index (χ3n) is 6.46. The molecular weight excluding hydrogens is 362 g/mol. The molecule has 2 aromatic rings. The smallest absolute Gasteiger partial charge is 0.225 e. The summed E-state index contributed by atoms with van der Waals surface area (Å²) in [6, 6.07) is 0.583. The van der Waals surface area contributed by atoms with Gasteiger partial charge in [0.1, 0.15) is 10.6 Å². The van der Waals surface area contributed by atoms with E-state index in [1.165, 1.54) is 54.4 Å². The molecule has 4 rings (SSSR count). The lowest BCUT2D eigenvalue weighted by atomic mass is 9.72. The Balaban J connectivity index is 1.81. The molecule has 1 aliphatic carbocycles. The van der Waals surface area contributed by atoms with Gasteiger partial charge in [-0.05, 0) is 73.4 Å². The predicted octanol–water partition coefficient (Wildman–Crippen LogP) is 6.26. The summed E-state index contributed by atoms with van der Waals surface area (Å²) >= 11 is 8.22. The Morgan fingerprint density at radius 3 is 2.73 bits per heavy atom. The van der Waals surface area contributed by atoms with Crippen LogP contribution in [0.1, 0.15) is 70.2 Å². The van der Waals surface area contributed by atoms with Crippen LogP contribution in [0.5, 0.6) is 0 Å². The quantitative estimate of drug-likeness (QED) is 0.565. The van der Waals surface area contributed by atoms with Crippen LogP contribution in [0.4, 0.5) is 5.82 Å². The van der Waals surface area contributed by atoms with Crippen LogP contribution < -0.4 is 4.90 Å². The van der Waals surface area contributed by atoms with Crippen molar-refractivity contribution >= 4 is 39.0 Å². The maximum atomic E-state index is 6.36. The van der Waals surface area contributed by atoms with Gasteiger partial charge >= 0.3 is 0 Å². The Morgan fingerprint density at radius 1 is 1.19 bits per heavy atom. The lowest BCUT2D eigenvalue weighted by molar-refractivity contribution is 0.218. The highest BCUT2D eigenvalue weighted by molar-refractivity contribution is 7.19. The van der Waals surface area contributed by atoms with E-state index in [1.54, 1.807) is 0 Å². The van der Waals surface area contributed by atoms with E-state index in [9.17, 15) is 0 Å². The molecule has 0 amide bonds. The summed E-state index contributed by atoms with van der Waals surface area (Å²) in [5, 5.41) is 1.71. The standard InChI is InChI=1S/C21H30ClN3S/c1-5-14-8-6-7-11-25(14)18-17-15-10-9-13(21(2,3)4)12-16(15)26-19(17)24-20(22)23-18/h13-14H,5-12H2,1-4H3. The van der Waals surface area contributed by atoms with Gasteiger partial charge in [0.25, 0.3) is 0 Å². The van der Waals surface area contributed by atoms with Crippen molar-refractivity contribution in [1.82, 2.24) is 9.97 Å². The topological polar surface area (TPSA) is 29.0 Å². The van der Waals surface area contributed by atoms with Crippen molar-refractivity contribution in [1.29, 1.82) is 0 Å². The number of fused-ring (bicyclic) bond motifs is 3. The first kappa shape index (κ1) is 18.5. The van der Waals surface area contributed by atoms with Crippen LogP contribution in [0.3, 0.4) is 0 Å². The van der Waals surface area contributed by atoms with Gasteiger partial charge in [-0.1, -0.05) is 27.7 Å². The van der Waals surface area contributed by atoms with Gasteiger partial charge in [-0.25, -0.2) is 4.98 Å². The van der Waals surface area contributed by atoms with Gasteiger partial charge in [0, 0.05) is 17.5 Å². The lowest BCUT2D eigenvalue weighted by Gasteiger charge is -2.37. The number of thiophene rings is 1. The van der Waals surface area contributed by atoms with E-state index in [2.05, 4.69) is 37.6 Å². The van der Waals surface area contributed by atoms with Crippen LogP contribution in [0, 0.1) is 11.3 Å². The van der Waals surface area contributed by atoms with Crippen molar-refractivity contribution in [3.63, 3.8) is 0 Å². The van der Waals surface area contributed by atoms with E-state index >= 15 is 0 Å². The predicted molar refractivity (Wildman–Crippen MR) is 113 cm³/mol. The molecule has 2 aliphatic rings. The Hall–Kier alpha value is -0.870. The summed E-state index contributed by atoms with van der Waals surface area (Å²) in [7, 11) is 0.